The molecular weight excluding hydrogens is 234 g/mol. The van der Waals surface area contributed by atoms with Crippen molar-refractivity contribution in [1.29, 1.82) is 0 Å². The molecule has 0 rings (SSSR count). The lowest BCUT2D eigenvalue weighted by Gasteiger charge is -2.17. The standard InChI is InChI=1S/C13H29NO4/c1-5-16-9-12(4)14-8-13(15)10-17-6-7-18-11(2)3/h11-15H,5-10H2,1-4H3. The summed E-state index contributed by atoms with van der Waals surface area (Å²) in [7, 11) is 0. The second-order valence-electron chi connectivity index (χ2n) is 4.62. The van der Waals surface area contributed by atoms with E-state index in [9.17, 15) is 5.11 Å². The Hall–Kier alpha value is -0.200. The quantitative estimate of drug-likeness (QED) is 0.510. The molecular formula is C13H29NO4. The lowest BCUT2D eigenvalue weighted by Crippen LogP contribution is -2.38. The fourth-order valence-electron chi connectivity index (χ4n) is 1.31. The van der Waals surface area contributed by atoms with Gasteiger partial charge in [0.05, 0.1) is 38.6 Å². The van der Waals surface area contributed by atoms with Gasteiger partial charge in [-0.15, -0.1) is 0 Å². The van der Waals surface area contributed by atoms with Crippen molar-refractivity contribution < 1.29 is 19.3 Å². The van der Waals surface area contributed by atoms with Crippen LogP contribution >= 0.6 is 0 Å². The van der Waals surface area contributed by atoms with Crippen LogP contribution in [0.2, 0.25) is 0 Å². The summed E-state index contributed by atoms with van der Waals surface area (Å²) < 4.78 is 15.9. The van der Waals surface area contributed by atoms with Crippen molar-refractivity contribution in [3.8, 4) is 0 Å². The summed E-state index contributed by atoms with van der Waals surface area (Å²) in [6.07, 6.45) is -0.271. The summed E-state index contributed by atoms with van der Waals surface area (Å²) in [4.78, 5) is 0. The molecule has 2 atom stereocenters. The summed E-state index contributed by atoms with van der Waals surface area (Å²) in [5.74, 6) is 0. The molecule has 0 spiro atoms. The van der Waals surface area contributed by atoms with Crippen molar-refractivity contribution in [3.63, 3.8) is 0 Å². The Morgan fingerprint density at radius 3 is 2.39 bits per heavy atom. The lowest BCUT2D eigenvalue weighted by atomic mass is 10.3. The molecule has 0 aliphatic rings. The minimum atomic E-state index is -0.492. The molecule has 0 radical (unpaired) electrons. The Morgan fingerprint density at radius 1 is 1.06 bits per heavy atom. The summed E-state index contributed by atoms with van der Waals surface area (Å²) in [6.45, 7) is 11.3. The number of hydrogen-bond donors (Lipinski definition) is 2. The monoisotopic (exact) mass is 263 g/mol. The van der Waals surface area contributed by atoms with Crippen molar-refractivity contribution in [1.82, 2.24) is 5.32 Å². The van der Waals surface area contributed by atoms with E-state index in [-0.39, 0.29) is 12.1 Å². The second kappa shape index (κ2) is 11.9. The van der Waals surface area contributed by atoms with Gasteiger partial charge in [-0.25, -0.2) is 0 Å². The maximum atomic E-state index is 9.66. The molecule has 0 amide bonds. The zero-order valence-electron chi connectivity index (χ0n) is 12.1. The molecule has 5 heteroatoms. The van der Waals surface area contributed by atoms with Crippen LogP contribution in [0.15, 0.2) is 0 Å². The topological polar surface area (TPSA) is 60.0 Å². The van der Waals surface area contributed by atoms with Crippen LogP contribution in [-0.4, -0.2) is 62.9 Å². The highest BCUT2D eigenvalue weighted by Gasteiger charge is 2.07. The molecule has 110 valence electrons. The molecule has 5 nitrogen and oxygen atoms in total. The van der Waals surface area contributed by atoms with Gasteiger partial charge in [-0.3, -0.25) is 0 Å². The molecule has 0 heterocycles. The predicted octanol–water partition coefficient (Wildman–Crippen LogP) is 0.804. The molecule has 0 aromatic carbocycles. The summed E-state index contributed by atoms with van der Waals surface area (Å²) in [6, 6.07) is 0.240. The van der Waals surface area contributed by atoms with Gasteiger partial charge in [0, 0.05) is 19.2 Å². The van der Waals surface area contributed by atoms with Gasteiger partial charge in [-0.2, -0.15) is 0 Å². The van der Waals surface area contributed by atoms with Crippen LogP contribution in [-0.2, 0) is 14.2 Å². The van der Waals surface area contributed by atoms with Crippen LogP contribution < -0.4 is 5.32 Å². The van der Waals surface area contributed by atoms with E-state index in [1.807, 2.05) is 27.7 Å². The summed E-state index contributed by atoms with van der Waals surface area (Å²) in [5.41, 5.74) is 0. The zero-order valence-corrected chi connectivity index (χ0v) is 12.1. The third-order valence-corrected chi connectivity index (χ3v) is 2.26. The van der Waals surface area contributed by atoms with E-state index in [2.05, 4.69) is 5.32 Å². The summed E-state index contributed by atoms with van der Waals surface area (Å²) in [5, 5.41) is 12.9. The van der Waals surface area contributed by atoms with Crippen LogP contribution in [0.4, 0.5) is 0 Å². The van der Waals surface area contributed by atoms with Gasteiger partial charge in [-0.1, -0.05) is 0 Å². The Bertz CT molecular complexity index is 178. The number of ether oxygens (including phenoxy) is 3. The predicted molar refractivity (Wildman–Crippen MR) is 71.9 cm³/mol. The number of rotatable bonds is 12. The molecule has 0 saturated carbocycles. The van der Waals surface area contributed by atoms with Gasteiger partial charge in [0.1, 0.15) is 0 Å². The zero-order chi connectivity index (χ0) is 13.8. The Balaban J connectivity index is 3.34. The van der Waals surface area contributed by atoms with Crippen molar-refractivity contribution in [2.24, 2.45) is 0 Å². The van der Waals surface area contributed by atoms with Gasteiger partial charge in [0.25, 0.3) is 0 Å². The van der Waals surface area contributed by atoms with E-state index in [0.29, 0.717) is 39.6 Å². The second-order valence-corrected chi connectivity index (χ2v) is 4.62. The third kappa shape index (κ3) is 12.3. The smallest absolute Gasteiger partial charge is 0.0897 e. The van der Waals surface area contributed by atoms with Crippen LogP contribution in [0.25, 0.3) is 0 Å². The van der Waals surface area contributed by atoms with Crippen molar-refractivity contribution in [2.75, 3.05) is 39.6 Å². The Morgan fingerprint density at radius 2 is 1.78 bits per heavy atom. The normalized spacial score (nSPS) is 15.0. The first-order valence-corrected chi connectivity index (χ1v) is 6.74. The van der Waals surface area contributed by atoms with E-state index >= 15 is 0 Å². The van der Waals surface area contributed by atoms with Gasteiger partial charge < -0.3 is 24.6 Å². The van der Waals surface area contributed by atoms with Crippen LogP contribution in [0, 0.1) is 0 Å². The van der Waals surface area contributed by atoms with Gasteiger partial charge in [0.2, 0.25) is 0 Å². The largest absolute Gasteiger partial charge is 0.389 e. The highest BCUT2D eigenvalue weighted by Crippen LogP contribution is 1.90. The highest BCUT2D eigenvalue weighted by molar-refractivity contribution is 4.64. The molecule has 2 unspecified atom stereocenters. The molecule has 0 bridgehead atoms. The molecule has 0 aliphatic heterocycles. The Kier molecular flexibility index (Phi) is 11.7. The van der Waals surface area contributed by atoms with Crippen molar-refractivity contribution >= 4 is 0 Å². The molecule has 0 aromatic heterocycles. The molecule has 2 N–H and O–H groups in total. The van der Waals surface area contributed by atoms with Gasteiger partial charge >= 0.3 is 0 Å². The van der Waals surface area contributed by atoms with Crippen LogP contribution in [0.1, 0.15) is 27.7 Å². The number of nitrogens with one attached hydrogen (secondary N) is 1. The first-order valence-electron chi connectivity index (χ1n) is 6.74. The van der Waals surface area contributed by atoms with E-state index < -0.39 is 6.10 Å². The number of aliphatic hydroxyl groups is 1. The lowest BCUT2D eigenvalue weighted by molar-refractivity contribution is -0.0110. The number of aliphatic hydroxyl groups excluding tert-OH is 1. The summed E-state index contributed by atoms with van der Waals surface area (Å²) >= 11 is 0. The molecule has 0 saturated heterocycles. The van der Waals surface area contributed by atoms with E-state index in [1.165, 1.54) is 0 Å². The minimum Gasteiger partial charge on any atom is -0.389 e. The highest BCUT2D eigenvalue weighted by atomic mass is 16.5. The van der Waals surface area contributed by atoms with E-state index in [4.69, 9.17) is 14.2 Å². The van der Waals surface area contributed by atoms with E-state index in [1.54, 1.807) is 0 Å². The van der Waals surface area contributed by atoms with E-state index in [0.717, 1.165) is 0 Å². The number of hydrogen-bond acceptors (Lipinski definition) is 5. The average Bonchev–Trinajstić information content (AvgIpc) is 2.33. The van der Waals surface area contributed by atoms with Gasteiger partial charge in [-0.05, 0) is 27.7 Å². The Labute approximate surface area is 111 Å². The average molecular weight is 263 g/mol. The molecule has 0 fully saturated rings. The fraction of sp³-hybridized carbons (Fsp3) is 1.00. The maximum Gasteiger partial charge on any atom is 0.0897 e. The first-order chi connectivity index (χ1) is 8.56. The maximum absolute atomic E-state index is 9.66. The van der Waals surface area contributed by atoms with Crippen LogP contribution in [0.5, 0.6) is 0 Å². The van der Waals surface area contributed by atoms with Gasteiger partial charge in [0.15, 0.2) is 0 Å². The third-order valence-electron chi connectivity index (χ3n) is 2.26. The van der Waals surface area contributed by atoms with Crippen molar-refractivity contribution in [3.05, 3.63) is 0 Å². The SMILES string of the molecule is CCOCC(C)NCC(O)COCCOC(C)C. The minimum absolute atomic E-state index is 0.222. The van der Waals surface area contributed by atoms with Crippen molar-refractivity contribution in [2.45, 2.75) is 45.9 Å². The molecule has 18 heavy (non-hydrogen) atoms. The first kappa shape index (κ1) is 17.8. The molecule has 0 aliphatic carbocycles. The fourth-order valence-corrected chi connectivity index (χ4v) is 1.31. The molecule has 0 aromatic rings. The van der Waals surface area contributed by atoms with Crippen LogP contribution in [0.3, 0.4) is 0 Å².